The minimum Gasteiger partial charge on any atom is -0.267 e. The molecule has 20 heavy (non-hydrogen) atoms. The van der Waals surface area contributed by atoms with Crippen molar-refractivity contribution >= 4 is 33.5 Å². The summed E-state index contributed by atoms with van der Waals surface area (Å²) in [5.74, 6) is 0. The van der Waals surface area contributed by atoms with Gasteiger partial charge in [-0.3, -0.25) is 4.79 Å². The number of nitrogens with zero attached hydrogens (tertiary/aromatic N) is 3. The van der Waals surface area contributed by atoms with Gasteiger partial charge in [-0.15, -0.1) is 0 Å². The van der Waals surface area contributed by atoms with Crippen molar-refractivity contribution in [3.8, 4) is 0 Å². The van der Waals surface area contributed by atoms with Gasteiger partial charge in [-0.25, -0.2) is 14.4 Å². The monoisotopic (exact) mass is 279 g/mol. The van der Waals surface area contributed by atoms with Crippen LogP contribution < -0.4 is 10.1 Å². The van der Waals surface area contributed by atoms with Gasteiger partial charge in [-0.1, -0.05) is 41.7 Å². The van der Waals surface area contributed by atoms with Gasteiger partial charge in [0.05, 0.1) is 4.53 Å². The van der Waals surface area contributed by atoms with Crippen molar-refractivity contribution in [2.45, 2.75) is 0 Å². The van der Waals surface area contributed by atoms with E-state index in [2.05, 4.69) is 9.97 Å². The van der Waals surface area contributed by atoms with E-state index in [9.17, 15) is 4.79 Å². The molecule has 0 saturated heterocycles. The fourth-order valence-electron chi connectivity index (χ4n) is 2.19. The molecule has 0 aliphatic rings. The standard InChI is InChI=1S/C15H9N3OS/c19-14-12(9-10-5-2-1-3-6-10)20-15-17-11-7-4-8-16-13(11)18(14)15/h1-9H/b12-9-. The third-order valence-corrected chi connectivity index (χ3v) is 4.07. The van der Waals surface area contributed by atoms with E-state index in [1.54, 1.807) is 10.6 Å². The van der Waals surface area contributed by atoms with E-state index in [-0.39, 0.29) is 5.56 Å². The van der Waals surface area contributed by atoms with Gasteiger partial charge < -0.3 is 0 Å². The Labute approximate surface area is 117 Å². The number of aromatic nitrogens is 3. The van der Waals surface area contributed by atoms with Crippen LogP contribution in [0.2, 0.25) is 0 Å². The average Bonchev–Trinajstić information content (AvgIpc) is 2.98. The van der Waals surface area contributed by atoms with Crippen LogP contribution in [0.15, 0.2) is 53.5 Å². The summed E-state index contributed by atoms with van der Waals surface area (Å²) in [4.78, 5) is 21.8. The molecule has 1 aromatic carbocycles. The summed E-state index contributed by atoms with van der Waals surface area (Å²) in [6.45, 7) is 0. The van der Waals surface area contributed by atoms with Gasteiger partial charge in [0.25, 0.3) is 5.56 Å². The topological polar surface area (TPSA) is 47.3 Å². The maximum Gasteiger partial charge on any atom is 0.276 e. The lowest BCUT2D eigenvalue weighted by Crippen LogP contribution is -2.22. The summed E-state index contributed by atoms with van der Waals surface area (Å²) >= 11 is 1.39. The van der Waals surface area contributed by atoms with Gasteiger partial charge in [0.15, 0.2) is 10.6 Å². The summed E-state index contributed by atoms with van der Waals surface area (Å²) in [6, 6.07) is 13.5. The molecule has 0 aliphatic heterocycles. The molecule has 0 N–H and O–H groups in total. The van der Waals surface area contributed by atoms with Gasteiger partial charge in [0.1, 0.15) is 5.52 Å². The number of hydrogen-bond acceptors (Lipinski definition) is 4. The summed E-state index contributed by atoms with van der Waals surface area (Å²) in [7, 11) is 0. The fourth-order valence-corrected chi connectivity index (χ4v) is 3.16. The van der Waals surface area contributed by atoms with Crippen molar-refractivity contribution in [3.05, 3.63) is 69.1 Å². The second kappa shape index (κ2) is 4.25. The van der Waals surface area contributed by atoms with Crippen LogP contribution in [0, 0.1) is 0 Å². The number of rotatable bonds is 1. The van der Waals surface area contributed by atoms with E-state index in [0.717, 1.165) is 11.1 Å². The molecule has 3 aromatic heterocycles. The molecule has 4 nitrogen and oxygen atoms in total. The number of fused-ring (bicyclic) bond motifs is 3. The van der Waals surface area contributed by atoms with Crippen molar-refractivity contribution in [2.24, 2.45) is 0 Å². The minimum absolute atomic E-state index is 0.0601. The Morgan fingerprint density at radius 1 is 1.10 bits per heavy atom. The molecular weight excluding hydrogens is 270 g/mol. The zero-order valence-corrected chi connectivity index (χ0v) is 11.2. The molecule has 4 aromatic rings. The third-order valence-electron chi connectivity index (χ3n) is 3.10. The molecule has 0 radical (unpaired) electrons. The van der Waals surface area contributed by atoms with Crippen LogP contribution in [0.5, 0.6) is 0 Å². The van der Waals surface area contributed by atoms with Crippen molar-refractivity contribution < 1.29 is 0 Å². The lowest BCUT2D eigenvalue weighted by atomic mass is 10.2. The Morgan fingerprint density at radius 2 is 1.95 bits per heavy atom. The molecule has 0 unspecified atom stereocenters. The molecule has 0 atom stereocenters. The van der Waals surface area contributed by atoms with Crippen molar-refractivity contribution in [3.63, 3.8) is 0 Å². The van der Waals surface area contributed by atoms with Crippen LogP contribution in [-0.4, -0.2) is 14.4 Å². The molecule has 0 bridgehead atoms. The van der Waals surface area contributed by atoms with Crippen LogP contribution in [0.4, 0.5) is 0 Å². The molecule has 5 heteroatoms. The minimum atomic E-state index is -0.0601. The Bertz CT molecular complexity index is 1020. The lowest BCUT2D eigenvalue weighted by molar-refractivity contribution is 1.15. The van der Waals surface area contributed by atoms with Crippen LogP contribution in [-0.2, 0) is 0 Å². The smallest absolute Gasteiger partial charge is 0.267 e. The summed E-state index contributed by atoms with van der Waals surface area (Å²) in [6.07, 6.45) is 3.56. The number of benzene rings is 1. The second-order valence-electron chi connectivity index (χ2n) is 4.40. The predicted octanol–water partition coefficient (Wildman–Crippen LogP) is 1.85. The first-order valence-corrected chi connectivity index (χ1v) is 6.97. The fraction of sp³-hybridized carbons (Fsp3) is 0. The largest absolute Gasteiger partial charge is 0.276 e. The van der Waals surface area contributed by atoms with Crippen molar-refractivity contribution in [1.82, 2.24) is 14.4 Å². The normalized spacial score (nSPS) is 12.5. The molecule has 0 saturated carbocycles. The molecule has 0 amide bonds. The van der Waals surface area contributed by atoms with E-state index < -0.39 is 0 Å². The lowest BCUT2D eigenvalue weighted by Gasteiger charge is -1.88. The number of imidazole rings is 1. The molecule has 96 valence electrons. The van der Waals surface area contributed by atoms with Crippen molar-refractivity contribution in [2.75, 3.05) is 0 Å². The third kappa shape index (κ3) is 1.64. The first-order valence-electron chi connectivity index (χ1n) is 6.16. The van der Waals surface area contributed by atoms with Gasteiger partial charge in [-0.05, 0) is 23.8 Å². The molecule has 0 fully saturated rings. The summed E-state index contributed by atoms with van der Waals surface area (Å²) in [5, 5.41) is 0. The van der Waals surface area contributed by atoms with Gasteiger partial charge in [0.2, 0.25) is 0 Å². The average molecular weight is 279 g/mol. The zero-order chi connectivity index (χ0) is 13.5. The highest BCUT2D eigenvalue weighted by Gasteiger charge is 2.11. The van der Waals surface area contributed by atoms with Crippen molar-refractivity contribution in [1.29, 1.82) is 0 Å². The summed E-state index contributed by atoms with van der Waals surface area (Å²) < 4.78 is 2.25. The van der Waals surface area contributed by atoms with Gasteiger partial charge >= 0.3 is 0 Å². The highest BCUT2D eigenvalue weighted by Crippen LogP contribution is 2.13. The zero-order valence-electron chi connectivity index (χ0n) is 10.4. The first kappa shape index (κ1) is 11.3. The van der Waals surface area contributed by atoms with E-state index >= 15 is 0 Å². The summed E-state index contributed by atoms with van der Waals surface area (Å²) in [5.41, 5.74) is 2.32. The van der Waals surface area contributed by atoms with Crippen LogP contribution in [0.1, 0.15) is 5.56 Å². The second-order valence-corrected chi connectivity index (χ2v) is 5.41. The van der Waals surface area contributed by atoms with E-state index in [1.165, 1.54) is 11.3 Å². The predicted molar refractivity (Wildman–Crippen MR) is 79.9 cm³/mol. The number of hydrogen-bond donors (Lipinski definition) is 0. The van der Waals surface area contributed by atoms with E-state index in [0.29, 0.717) is 15.1 Å². The quantitative estimate of drug-likeness (QED) is 0.534. The Hall–Kier alpha value is -2.53. The number of thiazole rings is 1. The molecule has 4 rings (SSSR count). The Kier molecular flexibility index (Phi) is 2.40. The Morgan fingerprint density at radius 3 is 2.80 bits per heavy atom. The SMILES string of the molecule is O=c1/c(=C/c2ccccc2)sc2nc3cccnc3n12. The maximum atomic E-state index is 12.5. The maximum absolute atomic E-state index is 12.5. The van der Waals surface area contributed by atoms with Gasteiger partial charge in [-0.2, -0.15) is 0 Å². The van der Waals surface area contributed by atoms with Crippen LogP contribution in [0.25, 0.3) is 22.2 Å². The highest BCUT2D eigenvalue weighted by atomic mass is 32.1. The molecule has 0 spiro atoms. The molecule has 0 aliphatic carbocycles. The highest BCUT2D eigenvalue weighted by molar-refractivity contribution is 7.15. The van der Waals surface area contributed by atoms with Crippen LogP contribution in [0.3, 0.4) is 0 Å². The van der Waals surface area contributed by atoms with E-state index in [1.807, 2.05) is 48.5 Å². The molecular formula is C15H9N3OS. The van der Waals surface area contributed by atoms with Crippen LogP contribution >= 0.6 is 11.3 Å². The molecule has 3 heterocycles. The number of pyridine rings is 1. The first-order chi connectivity index (χ1) is 9.83. The Balaban J connectivity index is 2.06. The van der Waals surface area contributed by atoms with E-state index in [4.69, 9.17) is 0 Å². The van der Waals surface area contributed by atoms with Gasteiger partial charge in [0, 0.05) is 6.20 Å².